The van der Waals surface area contributed by atoms with Crippen molar-refractivity contribution in [3.05, 3.63) is 72.4 Å². The van der Waals surface area contributed by atoms with E-state index >= 15 is 0 Å². The smallest absolute Gasteiger partial charge is 0.487 e. The van der Waals surface area contributed by atoms with Crippen LogP contribution in [0.25, 0.3) is 11.1 Å². The summed E-state index contributed by atoms with van der Waals surface area (Å²) in [7, 11) is 0. The Morgan fingerprint density at radius 3 is 2.56 bits per heavy atom. The van der Waals surface area contributed by atoms with Gasteiger partial charge in [0, 0.05) is 11.6 Å². The largest absolute Gasteiger partial charge is 0.573 e. The lowest BCUT2D eigenvalue weighted by Crippen LogP contribution is -2.54. The summed E-state index contributed by atoms with van der Waals surface area (Å²) in [5, 5.41) is 2.83. The van der Waals surface area contributed by atoms with Crippen LogP contribution < -0.4 is 25.1 Å². The molecule has 0 saturated heterocycles. The highest BCUT2D eigenvalue weighted by Gasteiger charge is 2.31. The quantitative estimate of drug-likeness (QED) is 0.595. The van der Waals surface area contributed by atoms with Gasteiger partial charge in [-0.15, -0.1) is 13.2 Å². The SMILES string of the molecule is Nc1ccc(-c2ccc(OC(F)(F)F)cc2)c[n+]1C(=O)NCC1CCc2ccccc2O1. The van der Waals surface area contributed by atoms with E-state index in [0.717, 1.165) is 24.2 Å². The normalized spacial score (nSPS) is 15.4. The van der Waals surface area contributed by atoms with Gasteiger partial charge in [-0.25, -0.2) is 4.79 Å². The highest BCUT2D eigenvalue weighted by molar-refractivity contribution is 5.69. The number of fused-ring (bicyclic) bond motifs is 1. The molecule has 0 bridgehead atoms. The Bertz CT molecular complexity index is 1120. The fourth-order valence-electron chi connectivity index (χ4n) is 3.52. The van der Waals surface area contributed by atoms with E-state index in [1.165, 1.54) is 35.0 Å². The van der Waals surface area contributed by atoms with Crippen molar-refractivity contribution < 1.29 is 32.0 Å². The number of pyridine rings is 1. The zero-order chi connectivity index (χ0) is 22.7. The molecule has 0 aliphatic carbocycles. The minimum absolute atomic E-state index is 0.153. The Kier molecular flexibility index (Phi) is 5.89. The number of nitrogen functional groups attached to an aromatic ring is 1. The number of aryl methyl sites for hydroxylation is 1. The van der Waals surface area contributed by atoms with Gasteiger partial charge in [0.15, 0.2) is 0 Å². The molecule has 0 spiro atoms. The average molecular weight is 444 g/mol. The highest BCUT2D eigenvalue weighted by Crippen LogP contribution is 2.27. The molecule has 1 atom stereocenters. The second-order valence-corrected chi connectivity index (χ2v) is 7.36. The number of carbonyl (C=O) groups excluding carboxylic acids is 1. The van der Waals surface area contributed by atoms with Crippen molar-refractivity contribution in [2.45, 2.75) is 25.3 Å². The number of ether oxygens (including phenoxy) is 2. The number of amides is 1. The lowest BCUT2D eigenvalue weighted by molar-refractivity contribution is -0.556. The molecule has 0 saturated carbocycles. The third kappa shape index (κ3) is 5.11. The van der Waals surface area contributed by atoms with Crippen LogP contribution in [0.2, 0.25) is 0 Å². The van der Waals surface area contributed by atoms with Crippen molar-refractivity contribution in [3.63, 3.8) is 0 Å². The topological polar surface area (TPSA) is 77.5 Å². The Morgan fingerprint density at radius 2 is 1.81 bits per heavy atom. The number of aromatic nitrogens is 1. The van der Waals surface area contributed by atoms with Crippen LogP contribution in [0, 0.1) is 0 Å². The van der Waals surface area contributed by atoms with Crippen LogP contribution in [0.3, 0.4) is 0 Å². The second-order valence-electron chi connectivity index (χ2n) is 7.36. The molecule has 1 aliphatic heterocycles. The first kappa shape index (κ1) is 21.5. The summed E-state index contributed by atoms with van der Waals surface area (Å²) in [6, 6.07) is 16.0. The number of anilines is 1. The van der Waals surface area contributed by atoms with Gasteiger partial charge in [-0.3, -0.25) is 5.32 Å². The lowest BCUT2D eigenvalue weighted by atomic mass is 10.0. The Morgan fingerprint density at radius 1 is 1.09 bits per heavy atom. The maximum atomic E-state index is 12.7. The summed E-state index contributed by atoms with van der Waals surface area (Å²) >= 11 is 0. The number of alkyl halides is 3. The number of hydrogen-bond acceptors (Lipinski definition) is 4. The highest BCUT2D eigenvalue weighted by atomic mass is 19.4. The molecule has 1 amide bonds. The van der Waals surface area contributed by atoms with E-state index in [4.69, 9.17) is 10.5 Å². The molecule has 1 aliphatic rings. The summed E-state index contributed by atoms with van der Waals surface area (Å²) in [4.78, 5) is 12.7. The van der Waals surface area contributed by atoms with Crippen molar-refractivity contribution in [3.8, 4) is 22.6 Å². The van der Waals surface area contributed by atoms with E-state index in [0.29, 0.717) is 17.7 Å². The third-order valence-electron chi connectivity index (χ3n) is 5.10. The van der Waals surface area contributed by atoms with E-state index < -0.39 is 12.4 Å². The van der Waals surface area contributed by atoms with Gasteiger partial charge < -0.3 is 15.2 Å². The molecule has 9 heteroatoms. The molecule has 0 fully saturated rings. The van der Waals surface area contributed by atoms with Crippen LogP contribution in [0.4, 0.5) is 23.8 Å². The van der Waals surface area contributed by atoms with Crippen LogP contribution in [0.1, 0.15) is 12.0 Å². The number of hydrogen-bond donors (Lipinski definition) is 2. The van der Waals surface area contributed by atoms with Crippen molar-refractivity contribution >= 4 is 11.8 Å². The van der Waals surface area contributed by atoms with Crippen molar-refractivity contribution in [2.24, 2.45) is 0 Å². The summed E-state index contributed by atoms with van der Waals surface area (Å²) in [6.07, 6.45) is -1.73. The van der Waals surface area contributed by atoms with Crippen LogP contribution in [-0.2, 0) is 6.42 Å². The molecular weight excluding hydrogens is 423 g/mol. The van der Waals surface area contributed by atoms with Crippen LogP contribution in [-0.4, -0.2) is 25.0 Å². The zero-order valence-electron chi connectivity index (χ0n) is 16.9. The number of carbonyl (C=O) groups is 1. The molecule has 166 valence electrons. The molecule has 3 aromatic rings. The Balaban J connectivity index is 1.43. The van der Waals surface area contributed by atoms with Gasteiger partial charge >= 0.3 is 12.4 Å². The number of benzene rings is 2. The summed E-state index contributed by atoms with van der Waals surface area (Å²) in [5.41, 5.74) is 8.32. The minimum atomic E-state index is -4.76. The summed E-state index contributed by atoms with van der Waals surface area (Å²) < 4.78 is 48.1. The molecular formula is C23H21F3N3O3+. The second kappa shape index (κ2) is 8.78. The van der Waals surface area contributed by atoms with Gasteiger partial charge in [-0.05, 0) is 48.2 Å². The van der Waals surface area contributed by atoms with E-state index in [1.54, 1.807) is 12.1 Å². The molecule has 0 radical (unpaired) electrons. The van der Waals surface area contributed by atoms with Gasteiger partial charge in [-0.2, -0.15) is 4.57 Å². The first-order valence-electron chi connectivity index (χ1n) is 9.98. The molecule has 3 N–H and O–H groups in total. The summed E-state index contributed by atoms with van der Waals surface area (Å²) in [5.74, 6) is 0.722. The Hall–Kier alpha value is -3.75. The first-order valence-corrected chi connectivity index (χ1v) is 9.98. The van der Waals surface area contributed by atoms with Crippen LogP contribution in [0.5, 0.6) is 11.5 Å². The van der Waals surface area contributed by atoms with Crippen molar-refractivity contribution in [2.75, 3.05) is 12.3 Å². The molecule has 4 rings (SSSR count). The molecule has 32 heavy (non-hydrogen) atoms. The van der Waals surface area contributed by atoms with Crippen LogP contribution in [0.15, 0.2) is 66.9 Å². The predicted molar refractivity (Wildman–Crippen MR) is 111 cm³/mol. The fraction of sp³-hybridized carbons (Fsp3) is 0.217. The van der Waals surface area contributed by atoms with E-state index in [9.17, 15) is 18.0 Å². The maximum Gasteiger partial charge on any atom is 0.573 e. The average Bonchev–Trinajstić information content (AvgIpc) is 2.77. The van der Waals surface area contributed by atoms with Gasteiger partial charge in [0.25, 0.3) is 0 Å². The molecule has 2 aromatic carbocycles. The maximum absolute atomic E-state index is 12.7. The van der Waals surface area contributed by atoms with E-state index in [2.05, 4.69) is 10.1 Å². The number of nitrogens with zero attached hydrogens (tertiary/aromatic N) is 1. The lowest BCUT2D eigenvalue weighted by Gasteiger charge is -2.25. The number of nitrogens with two attached hydrogens (primary N) is 1. The minimum Gasteiger partial charge on any atom is -0.487 e. The number of halogens is 3. The standard InChI is InChI=1S/C23H20F3N3O3/c24-23(25,26)32-18-9-5-15(6-10-18)17-8-12-21(27)29(14-17)22(30)28-13-19-11-7-16-3-1-2-4-20(16)31-19/h1-6,8-10,12,14,19,27H,7,11,13H2,(H,28,30)/p+1. The molecule has 2 heterocycles. The number of para-hydroxylation sites is 1. The molecule has 1 unspecified atom stereocenters. The van der Waals surface area contributed by atoms with Crippen molar-refractivity contribution in [1.29, 1.82) is 0 Å². The molecule has 1 aromatic heterocycles. The van der Waals surface area contributed by atoms with E-state index in [1.807, 2.05) is 24.3 Å². The number of nitrogens with one attached hydrogen (secondary N) is 1. The molecule has 6 nitrogen and oxygen atoms in total. The van der Waals surface area contributed by atoms with Gasteiger partial charge in [0.05, 0.1) is 6.20 Å². The first-order chi connectivity index (χ1) is 15.3. The third-order valence-corrected chi connectivity index (χ3v) is 5.10. The Labute approximate surface area is 182 Å². The summed E-state index contributed by atoms with van der Waals surface area (Å²) in [6.45, 7) is 0.313. The van der Waals surface area contributed by atoms with E-state index in [-0.39, 0.29) is 17.7 Å². The van der Waals surface area contributed by atoms with Gasteiger partial charge in [0.1, 0.15) is 24.1 Å². The van der Waals surface area contributed by atoms with Crippen LogP contribution >= 0.6 is 0 Å². The monoisotopic (exact) mass is 444 g/mol. The fourth-order valence-corrected chi connectivity index (χ4v) is 3.52. The van der Waals surface area contributed by atoms with Gasteiger partial charge in [-0.1, -0.05) is 30.3 Å². The van der Waals surface area contributed by atoms with Gasteiger partial charge in [0.2, 0.25) is 5.82 Å². The number of rotatable bonds is 4. The van der Waals surface area contributed by atoms with Crippen molar-refractivity contribution in [1.82, 2.24) is 5.32 Å². The predicted octanol–water partition coefficient (Wildman–Crippen LogP) is 4.07. The zero-order valence-corrected chi connectivity index (χ0v) is 16.9.